The van der Waals surface area contributed by atoms with Crippen LogP contribution >= 0.6 is 15.9 Å². The number of benzene rings is 1. The molecule has 0 radical (unpaired) electrons. The Morgan fingerprint density at radius 1 is 1.33 bits per heavy atom. The maximum Gasteiger partial charge on any atom is 0.287 e. The summed E-state index contributed by atoms with van der Waals surface area (Å²) in [5.74, 6) is 2.02. The van der Waals surface area contributed by atoms with Crippen LogP contribution in [-0.2, 0) is 13.0 Å². The van der Waals surface area contributed by atoms with Gasteiger partial charge in [-0.15, -0.1) is 10.2 Å². The lowest BCUT2D eigenvalue weighted by atomic mass is 10.1. The molecule has 3 aromatic rings. The van der Waals surface area contributed by atoms with Crippen molar-refractivity contribution in [1.29, 1.82) is 0 Å². The van der Waals surface area contributed by atoms with E-state index in [1.165, 1.54) is 6.42 Å². The van der Waals surface area contributed by atoms with Crippen molar-refractivity contribution in [3.8, 4) is 0 Å². The second kappa shape index (κ2) is 7.46. The fourth-order valence-electron chi connectivity index (χ4n) is 3.75. The number of amides is 1. The number of rotatable bonds is 4. The molecule has 0 fully saturated rings. The molecular formula is C20H23BrN4O2. The number of aromatic nitrogens is 3. The second-order valence-corrected chi connectivity index (χ2v) is 7.98. The van der Waals surface area contributed by atoms with Crippen molar-refractivity contribution in [2.75, 3.05) is 0 Å². The van der Waals surface area contributed by atoms with E-state index in [0.717, 1.165) is 59.3 Å². The highest BCUT2D eigenvalue weighted by molar-refractivity contribution is 9.10. The highest BCUT2D eigenvalue weighted by atomic mass is 79.9. The van der Waals surface area contributed by atoms with Crippen LogP contribution in [0.2, 0.25) is 0 Å². The Bertz CT molecular complexity index is 991. The van der Waals surface area contributed by atoms with Gasteiger partial charge >= 0.3 is 0 Å². The van der Waals surface area contributed by atoms with E-state index < -0.39 is 0 Å². The molecule has 1 N–H and O–H groups in total. The Labute approximate surface area is 166 Å². The summed E-state index contributed by atoms with van der Waals surface area (Å²) in [6, 6.07) is 5.57. The van der Waals surface area contributed by atoms with Crippen LogP contribution in [0, 0.1) is 6.92 Å². The van der Waals surface area contributed by atoms with E-state index >= 15 is 0 Å². The van der Waals surface area contributed by atoms with Crippen molar-refractivity contribution in [2.45, 2.75) is 58.5 Å². The number of nitrogens with zero attached hydrogens (tertiary/aromatic N) is 3. The number of fused-ring (bicyclic) bond motifs is 2. The largest absolute Gasteiger partial charge is 0.451 e. The molecule has 2 aromatic heterocycles. The summed E-state index contributed by atoms with van der Waals surface area (Å²) in [6.07, 6.45) is 5.18. The number of halogens is 1. The minimum atomic E-state index is -0.211. The minimum Gasteiger partial charge on any atom is -0.451 e. The summed E-state index contributed by atoms with van der Waals surface area (Å²) in [6.45, 7) is 4.88. The average Bonchev–Trinajstić information content (AvgIpc) is 3.11. The molecule has 1 aliphatic heterocycles. The zero-order chi connectivity index (χ0) is 19.0. The number of nitrogens with one attached hydrogen (secondary N) is 1. The summed E-state index contributed by atoms with van der Waals surface area (Å²) in [5.41, 5.74) is 1.56. The van der Waals surface area contributed by atoms with Gasteiger partial charge < -0.3 is 14.3 Å². The van der Waals surface area contributed by atoms with Crippen LogP contribution in [0.25, 0.3) is 11.0 Å². The van der Waals surface area contributed by atoms with Crippen molar-refractivity contribution < 1.29 is 9.21 Å². The molecule has 1 aromatic carbocycles. The highest BCUT2D eigenvalue weighted by Gasteiger charge is 2.25. The normalized spacial score (nSPS) is 15.4. The van der Waals surface area contributed by atoms with Crippen molar-refractivity contribution in [3.63, 3.8) is 0 Å². The number of carbonyl (C=O) groups excluding carboxylic acids is 1. The second-order valence-electron chi connectivity index (χ2n) is 7.07. The number of carbonyl (C=O) groups is 1. The maximum atomic E-state index is 12.9. The first-order valence-electron chi connectivity index (χ1n) is 9.50. The Balaban J connectivity index is 1.62. The van der Waals surface area contributed by atoms with E-state index in [1.54, 1.807) is 0 Å². The van der Waals surface area contributed by atoms with Crippen LogP contribution in [0.4, 0.5) is 0 Å². The fourth-order valence-corrected chi connectivity index (χ4v) is 4.11. The molecule has 1 aliphatic rings. The first kappa shape index (κ1) is 18.2. The van der Waals surface area contributed by atoms with E-state index in [4.69, 9.17) is 4.42 Å². The topological polar surface area (TPSA) is 73.0 Å². The van der Waals surface area contributed by atoms with Gasteiger partial charge in [-0.05, 0) is 44.4 Å². The summed E-state index contributed by atoms with van der Waals surface area (Å²) in [4.78, 5) is 12.9. The third kappa shape index (κ3) is 3.40. The van der Waals surface area contributed by atoms with E-state index in [2.05, 4.69) is 36.0 Å². The summed E-state index contributed by atoms with van der Waals surface area (Å²) in [7, 11) is 0. The van der Waals surface area contributed by atoms with Crippen molar-refractivity contribution in [3.05, 3.63) is 45.6 Å². The van der Waals surface area contributed by atoms with Crippen LogP contribution < -0.4 is 5.32 Å². The number of hydrogen-bond acceptors (Lipinski definition) is 4. The van der Waals surface area contributed by atoms with Gasteiger partial charge in [-0.25, -0.2) is 0 Å². The van der Waals surface area contributed by atoms with E-state index in [9.17, 15) is 4.79 Å². The molecule has 0 unspecified atom stereocenters. The molecule has 27 heavy (non-hydrogen) atoms. The number of aryl methyl sites for hydroxylation is 2. The Hall–Kier alpha value is -2.15. The lowest BCUT2D eigenvalue weighted by Gasteiger charge is -2.17. The summed E-state index contributed by atoms with van der Waals surface area (Å²) < 4.78 is 8.98. The van der Waals surface area contributed by atoms with E-state index in [1.807, 2.05) is 32.0 Å². The molecule has 1 amide bonds. The zero-order valence-electron chi connectivity index (χ0n) is 15.6. The SMILES string of the molecule is CC[C@@H](NC(=O)c1oc2ccc(Br)cc2c1C)c1nnc2n1CCCCC2. The first-order chi connectivity index (χ1) is 13.1. The molecule has 7 heteroatoms. The minimum absolute atomic E-state index is 0.184. The van der Waals surface area contributed by atoms with Gasteiger partial charge in [0.1, 0.15) is 11.4 Å². The van der Waals surface area contributed by atoms with Crippen LogP contribution in [0.15, 0.2) is 27.1 Å². The smallest absolute Gasteiger partial charge is 0.287 e. The summed E-state index contributed by atoms with van der Waals surface area (Å²) >= 11 is 3.47. The van der Waals surface area contributed by atoms with Crippen LogP contribution in [-0.4, -0.2) is 20.7 Å². The van der Waals surface area contributed by atoms with Crippen LogP contribution in [0.1, 0.15) is 66.4 Å². The lowest BCUT2D eigenvalue weighted by Crippen LogP contribution is -2.30. The molecule has 6 nitrogen and oxygen atoms in total. The van der Waals surface area contributed by atoms with Crippen molar-refractivity contribution in [2.24, 2.45) is 0 Å². The van der Waals surface area contributed by atoms with Crippen LogP contribution in [0.3, 0.4) is 0 Å². The zero-order valence-corrected chi connectivity index (χ0v) is 17.2. The van der Waals surface area contributed by atoms with E-state index in [-0.39, 0.29) is 11.9 Å². The van der Waals surface area contributed by atoms with Gasteiger partial charge in [0.15, 0.2) is 11.6 Å². The Morgan fingerprint density at radius 2 is 2.19 bits per heavy atom. The predicted molar refractivity (Wildman–Crippen MR) is 107 cm³/mol. The molecule has 0 saturated carbocycles. The Kier molecular flexibility index (Phi) is 5.04. The molecule has 0 aliphatic carbocycles. The third-order valence-electron chi connectivity index (χ3n) is 5.27. The van der Waals surface area contributed by atoms with Crippen molar-refractivity contribution in [1.82, 2.24) is 20.1 Å². The molecule has 0 bridgehead atoms. The molecule has 1 atom stereocenters. The lowest BCUT2D eigenvalue weighted by molar-refractivity contribution is 0.0906. The molecule has 0 spiro atoms. The van der Waals surface area contributed by atoms with Gasteiger partial charge in [0.05, 0.1) is 6.04 Å². The maximum absolute atomic E-state index is 12.9. The third-order valence-corrected chi connectivity index (χ3v) is 5.76. The molecule has 142 valence electrons. The fraction of sp³-hybridized carbons (Fsp3) is 0.450. The van der Waals surface area contributed by atoms with Gasteiger partial charge in [-0.1, -0.05) is 29.3 Å². The molecule has 4 rings (SSSR count). The average molecular weight is 431 g/mol. The number of furan rings is 1. The highest BCUT2D eigenvalue weighted by Crippen LogP contribution is 2.29. The van der Waals surface area contributed by atoms with Gasteiger partial charge in [0, 0.05) is 28.4 Å². The quantitative estimate of drug-likeness (QED) is 0.650. The van der Waals surface area contributed by atoms with Gasteiger partial charge in [-0.2, -0.15) is 0 Å². The predicted octanol–water partition coefficient (Wildman–Crippen LogP) is 4.70. The molecule has 0 saturated heterocycles. The summed E-state index contributed by atoms with van der Waals surface area (Å²) in [5, 5.41) is 12.8. The van der Waals surface area contributed by atoms with Gasteiger partial charge in [0.2, 0.25) is 0 Å². The molecular weight excluding hydrogens is 408 g/mol. The number of hydrogen-bond donors (Lipinski definition) is 1. The standard InChI is InChI=1S/C20H23BrN4O2/c1-3-15(19-24-23-17-7-5-4-6-10-25(17)19)22-20(26)18-12(2)14-11-13(21)8-9-16(14)27-18/h8-9,11,15H,3-7,10H2,1-2H3,(H,22,26)/t15-/m1/s1. The molecule has 3 heterocycles. The first-order valence-corrected chi connectivity index (χ1v) is 10.3. The van der Waals surface area contributed by atoms with Gasteiger partial charge in [-0.3, -0.25) is 4.79 Å². The van der Waals surface area contributed by atoms with Crippen molar-refractivity contribution >= 4 is 32.8 Å². The van der Waals surface area contributed by atoms with Crippen LogP contribution in [0.5, 0.6) is 0 Å². The van der Waals surface area contributed by atoms with E-state index in [0.29, 0.717) is 11.3 Å². The van der Waals surface area contributed by atoms with Gasteiger partial charge in [0.25, 0.3) is 5.91 Å². The Morgan fingerprint density at radius 3 is 3.00 bits per heavy atom. The monoisotopic (exact) mass is 430 g/mol.